The Morgan fingerprint density at radius 2 is 1.89 bits per heavy atom. The van der Waals surface area contributed by atoms with Gasteiger partial charge in [-0.2, -0.15) is 4.98 Å². The van der Waals surface area contributed by atoms with Crippen molar-refractivity contribution in [1.82, 2.24) is 19.5 Å². The normalized spacial score (nSPS) is 19.9. The third-order valence-electron chi connectivity index (χ3n) is 7.57. The lowest BCUT2D eigenvalue weighted by Gasteiger charge is -2.28. The number of nitrogens with one attached hydrogen (secondary N) is 1. The van der Waals surface area contributed by atoms with Crippen LogP contribution in [0, 0.1) is 12.8 Å². The number of aromatic nitrogens is 4. The molecule has 2 fully saturated rings. The van der Waals surface area contributed by atoms with Crippen LogP contribution in [0.5, 0.6) is 0 Å². The van der Waals surface area contributed by atoms with Crippen LogP contribution in [-0.4, -0.2) is 44.8 Å². The molecule has 0 spiro atoms. The van der Waals surface area contributed by atoms with E-state index in [4.69, 9.17) is 27.1 Å². The van der Waals surface area contributed by atoms with Crippen molar-refractivity contribution in [2.45, 2.75) is 51.2 Å². The molecule has 8 nitrogen and oxygen atoms in total. The first-order chi connectivity index (χ1) is 18.4. The Bertz CT molecular complexity index is 1540. The van der Waals surface area contributed by atoms with E-state index in [0.29, 0.717) is 53.4 Å². The van der Waals surface area contributed by atoms with Crippen LogP contribution in [0.1, 0.15) is 31.4 Å². The van der Waals surface area contributed by atoms with E-state index in [1.807, 2.05) is 54.0 Å². The zero-order chi connectivity index (χ0) is 26.2. The first-order valence-electron chi connectivity index (χ1n) is 13.2. The number of nitrogens with two attached hydrogens (primary N) is 1. The first kappa shape index (κ1) is 25.0. The molecule has 9 heteroatoms. The van der Waals surface area contributed by atoms with Gasteiger partial charge in [-0.15, -0.1) is 0 Å². The van der Waals surface area contributed by atoms with E-state index in [1.165, 1.54) is 0 Å². The van der Waals surface area contributed by atoms with Crippen LogP contribution >= 0.6 is 11.6 Å². The summed E-state index contributed by atoms with van der Waals surface area (Å²) in [6.45, 7) is 3.80. The summed E-state index contributed by atoms with van der Waals surface area (Å²) >= 11 is 6.80. The molecule has 1 saturated heterocycles. The van der Waals surface area contributed by atoms with Crippen LogP contribution < -0.4 is 16.6 Å². The van der Waals surface area contributed by atoms with E-state index in [-0.39, 0.29) is 17.6 Å². The lowest BCUT2D eigenvalue weighted by molar-refractivity contribution is 0.0208. The number of pyridine rings is 2. The Kier molecular flexibility index (Phi) is 6.86. The minimum absolute atomic E-state index is 0.104. The van der Waals surface area contributed by atoms with Gasteiger partial charge in [0, 0.05) is 51.6 Å². The summed E-state index contributed by atoms with van der Waals surface area (Å²) in [4.78, 5) is 27.9. The molecule has 1 aliphatic heterocycles. The number of rotatable bonds is 6. The van der Waals surface area contributed by atoms with Crippen LogP contribution in [0.4, 0.5) is 5.95 Å². The number of hydrogen-bond donors (Lipinski definition) is 2. The molecule has 1 saturated carbocycles. The van der Waals surface area contributed by atoms with Crippen LogP contribution in [0.15, 0.2) is 53.5 Å². The molecule has 0 radical (unpaired) electrons. The lowest BCUT2D eigenvalue weighted by Crippen LogP contribution is -2.40. The Morgan fingerprint density at radius 1 is 1.08 bits per heavy atom. The number of benzene rings is 1. The average Bonchev–Trinajstić information content (AvgIpc) is 2.89. The molecule has 4 heterocycles. The monoisotopic (exact) mass is 530 g/mol. The highest BCUT2D eigenvalue weighted by Gasteiger charge is 2.24. The average molecular weight is 531 g/mol. The minimum Gasteiger partial charge on any atom is -0.377 e. The molecule has 196 valence electrons. The van der Waals surface area contributed by atoms with Crippen molar-refractivity contribution in [3.63, 3.8) is 0 Å². The summed E-state index contributed by atoms with van der Waals surface area (Å²) in [5, 5.41) is 4.60. The Balaban J connectivity index is 1.43. The maximum atomic E-state index is 14.0. The van der Waals surface area contributed by atoms with E-state index in [2.05, 4.69) is 15.3 Å². The molecule has 3 N–H and O–H groups in total. The largest absolute Gasteiger partial charge is 0.377 e. The van der Waals surface area contributed by atoms with Crippen molar-refractivity contribution in [1.29, 1.82) is 0 Å². The number of halogens is 1. The molecule has 4 aromatic rings. The second-order valence-corrected chi connectivity index (χ2v) is 10.9. The first-order valence-corrected chi connectivity index (χ1v) is 13.6. The van der Waals surface area contributed by atoms with Gasteiger partial charge in [0.05, 0.1) is 24.9 Å². The van der Waals surface area contributed by atoms with Gasteiger partial charge in [0.1, 0.15) is 5.65 Å². The van der Waals surface area contributed by atoms with Gasteiger partial charge in [-0.3, -0.25) is 14.3 Å². The smallest absolute Gasteiger partial charge is 0.260 e. The van der Waals surface area contributed by atoms with Crippen molar-refractivity contribution in [2.24, 2.45) is 11.7 Å². The predicted octanol–water partition coefficient (Wildman–Crippen LogP) is 4.81. The number of nitrogens with zero attached hydrogens (tertiary/aromatic N) is 4. The fourth-order valence-electron chi connectivity index (χ4n) is 5.32. The molecular formula is C29H31ClN6O2. The topological polar surface area (TPSA) is 108 Å². The number of fused-ring (bicyclic) bond motifs is 1. The summed E-state index contributed by atoms with van der Waals surface area (Å²) in [7, 11) is 0. The molecule has 38 heavy (non-hydrogen) atoms. The van der Waals surface area contributed by atoms with E-state index in [1.54, 1.807) is 6.20 Å². The van der Waals surface area contributed by atoms with E-state index in [9.17, 15) is 4.79 Å². The third-order valence-corrected chi connectivity index (χ3v) is 7.89. The maximum Gasteiger partial charge on any atom is 0.260 e. The standard InChI is InChI=1S/C29H31ClN6O2/c1-17-3-2-4-26(33-17)19-7-10-23(25(30)12-19)24-11-20-13-32-29(34-22-15-38-16-22)35-27(20)36(28(24)37)14-18-5-8-21(31)9-6-18/h2-4,7,10-13,18,21-22H,5-6,8-9,14-16,31H2,1H3,(H,32,34,35). The van der Waals surface area contributed by atoms with Gasteiger partial charge in [0.2, 0.25) is 5.95 Å². The maximum absolute atomic E-state index is 14.0. The second-order valence-electron chi connectivity index (χ2n) is 10.5. The van der Waals surface area contributed by atoms with Crippen LogP contribution in [0.2, 0.25) is 5.02 Å². The van der Waals surface area contributed by atoms with Gasteiger partial charge in [0.15, 0.2) is 0 Å². The zero-order valence-electron chi connectivity index (χ0n) is 21.4. The van der Waals surface area contributed by atoms with Gasteiger partial charge >= 0.3 is 0 Å². The Hall–Kier alpha value is -3.33. The second kappa shape index (κ2) is 10.4. The van der Waals surface area contributed by atoms with Gasteiger partial charge < -0.3 is 15.8 Å². The molecule has 0 atom stereocenters. The van der Waals surface area contributed by atoms with E-state index < -0.39 is 0 Å². The summed E-state index contributed by atoms with van der Waals surface area (Å²) in [5.41, 5.74) is 10.6. The fraction of sp³-hybridized carbons (Fsp3) is 0.379. The van der Waals surface area contributed by atoms with Crippen molar-refractivity contribution < 1.29 is 4.74 Å². The Morgan fingerprint density at radius 3 is 2.61 bits per heavy atom. The zero-order valence-corrected chi connectivity index (χ0v) is 22.1. The molecule has 3 aromatic heterocycles. The molecule has 0 amide bonds. The molecular weight excluding hydrogens is 500 g/mol. The Labute approximate surface area is 226 Å². The summed E-state index contributed by atoms with van der Waals surface area (Å²) < 4.78 is 7.07. The van der Waals surface area contributed by atoms with Crippen molar-refractivity contribution in [3.8, 4) is 22.4 Å². The van der Waals surface area contributed by atoms with Crippen LogP contribution in [0.25, 0.3) is 33.4 Å². The summed E-state index contributed by atoms with van der Waals surface area (Å²) in [6.07, 6.45) is 5.71. The van der Waals surface area contributed by atoms with Gasteiger partial charge in [-0.25, -0.2) is 4.98 Å². The van der Waals surface area contributed by atoms with Gasteiger partial charge in [-0.05, 0) is 62.8 Å². The summed E-state index contributed by atoms with van der Waals surface area (Å²) in [6, 6.07) is 13.9. The number of hydrogen-bond acceptors (Lipinski definition) is 7. The minimum atomic E-state index is -0.104. The molecule has 0 bridgehead atoms. The van der Waals surface area contributed by atoms with Crippen molar-refractivity contribution in [3.05, 3.63) is 69.7 Å². The number of aryl methyl sites for hydroxylation is 1. The van der Waals surface area contributed by atoms with Gasteiger partial charge in [0.25, 0.3) is 5.56 Å². The predicted molar refractivity (Wildman–Crippen MR) is 150 cm³/mol. The van der Waals surface area contributed by atoms with E-state index >= 15 is 0 Å². The highest BCUT2D eigenvalue weighted by Crippen LogP contribution is 2.32. The SMILES string of the molecule is Cc1cccc(-c2ccc(-c3cc4cnc(NC5COC5)nc4n(CC4CCC(N)CC4)c3=O)c(Cl)c2)n1. The quantitative estimate of drug-likeness (QED) is 0.368. The molecule has 0 unspecified atom stereocenters. The molecule has 1 aliphatic carbocycles. The van der Waals surface area contributed by atoms with Crippen molar-refractivity contribution in [2.75, 3.05) is 18.5 Å². The lowest BCUT2D eigenvalue weighted by atomic mass is 9.86. The van der Waals surface area contributed by atoms with Crippen LogP contribution in [-0.2, 0) is 11.3 Å². The number of ether oxygens (including phenoxy) is 1. The highest BCUT2D eigenvalue weighted by atomic mass is 35.5. The van der Waals surface area contributed by atoms with Gasteiger partial charge in [-0.1, -0.05) is 29.8 Å². The molecule has 2 aliphatic rings. The van der Waals surface area contributed by atoms with E-state index in [0.717, 1.165) is 48.0 Å². The van der Waals surface area contributed by atoms with Crippen molar-refractivity contribution >= 4 is 28.6 Å². The molecule has 6 rings (SSSR count). The third kappa shape index (κ3) is 5.04. The van der Waals surface area contributed by atoms with Crippen LogP contribution in [0.3, 0.4) is 0 Å². The summed E-state index contributed by atoms with van der Waals surface area (Å²) in [5.74, 6) is 0.869. The number of anilines is 1. The highest BCUT2D eigenvalue weighted by molar-refractivity contribution is 6.33. The molecule has 1 aromatic carbocycles. The fourth-order valence-corrected chi connectivity index (χ4v) is 5.60.